The molecule has 3 amide bonds. The highest BCUT2D eigenvalue weighted by atomic mass is 19.1. The fourth-order valence-corrected chi connectivity index (χ4v) is 4.12. The average molecular weight is 499 g/mol. The van der Waals surface area contributed by atoms with Crippen LogP contribution in [0.4, 0.5) is 9.18 Å². The minimum absolute atomic E-state index is 0.000678. The molecule has 1 fully saturated rings. The molecule has 0 bridgehead atoms. The van der Waals surface area contributed by atoms with Crippen LogP contribution in [0, 0.1) is 5.82 Å². The van der Waals surface area contributed by atoms with Gasteiger partial charge in [-0.15, -0.1) is 0 Å². The Labute approximate surface area is 211 Å². The lowest BCUT2D eigenvalue weighted by molar-refractivity contribution is -0.123. The van der Waals surface area contributed by atoms with Gasteiger partial charge >= 0.3 is 6.03 Å². The number of nitrogens with one attached hydrogen (secondary N) is 2. The fourth-order valence-electron chi connectivity index (χ4n) is 4.12. The topological polar surface area (TPSA) is 96.4 Å². The number of hydrogen-bond acceptors (Lipinski definition) is 4. The van der Waals surface area contributed by atoms with Gasteiger partial charge in [-0.3, -0.25) is 19.6 Å². The number of H-pyrrole nitrogens is 1. The second-order valence-corrected chi connectivity index (χ2v) is 8.51. The molecule has 37 heavy (non-hydrogen) atoms. The van der Waals surface area contributed by atoms with Gasteiger partial charge in [0.1, 0.15) is 17.3 Å². The van der Waals surface area contributed by atoms with Crippen LogP contribution in [0.5, 0.6) is 5.75 Å². The Balaban J connectivity index is 1.53. The van der Waals surface area contributed by atoms with E-state index < -0.39 is 17.5 Å². The number of halogens is 1. The Hall–Kier alpha value is -4.92. The van der Waals surface area contributed by atoms with Crippen molar-refractivity contribution in [3.05, 3.63) is 123 Å². The van der Waals surface area contributed by atoms with Gasteiger partial charge in [0, 0.05) is 12.1 Å². The predicted molar refractivity (Wildman–Crippen MR) is 136 cm³/mol. The van der Waals surface area contributed by atoms with E-state index >= 15 is 0 Å². The Bertz CT molecular complexity index is 1540. The van der Waals surface area contributed by atoms with Crippen LogP contribution >= 0.6 is 0 Å². The van der Waals surface area contributed by atoms with Crippen LogP contribution < -0.4 is 15.6 Å². The molecule has 0 atom stereocenters. The van der Waals surface area contributed by atoms with E-state index in [1.165, 1.54) is 22.9 Å². The number of benzene rings is 3. The molecular formula is C28H23FN4O4. The molecule has 5 rings (SSSR count). The number of ether oxygens (including phenoxy) is 1. The lowest BCUT2D eigenvalue weighted by Crippen LogP contribution is -2.30. The number of amides is 3. The van der Waals surface area contributed by atoms with E-state index in [0.29, 0.717) is 17.1 Å². The molecule has 1 aromatic heterocycles. The number of urea groups is 1. The summed E-state index contributed by atoms with van der Waals surface area (Å²) in [6.07, 6.45) is 1.66. The Morgan fingerprint density at radius 1 is 0.892 bits per heavy atom. The quantitative estimate of drug-likeness (QED) is 0.297. The van der Waals surface area contributed by atoms with Crippen molar-refractivity contribution in [1.82, 2.24) is 20.0 Å². The number of carbonyl (C=O) groups excluding carboxylic acids is 2. The molecule has 2 N–H and O–H groups in total. The maximum atomic E-state index is 13.5. The number of aromatic nitrogens is 2. The van der Waals surface area contributed by atoms with Crippen molar-refractivity contribution in [3.8, 4) is 11.4 Å². The summed E-state index contributed by atoms with van der Waals surface area (Å²) in [5, 5.41) is 5.69. The van der Waals surface area contributed by atoms with Gasteiger partial charge in [-0.2, -0.15) is 0 Å². The van der Waals surface area contributed by atoms with E-state index in [9.17, 15) is 18.8 Å². The summed E-state index contributed by atoms with van der Waals surface area (Å²) in [5.41, 5.74) is 2.43. The first-order valence-electron chi connectivity index (χ1n) is 11.5. The number of aromatic amines is 1. The first-order valence-corrected chi connectivity index (χ1v) is 11.5. The number of imide groups is 1. The lowest BCUT2D eigenvalue weighted by Gasteiger charge is -2.11. The summed E-state index contributed by atoms with van der Waals surface area (Å²) in [6, 6.07) is 21.4. The van der Waals surface area contributed by atoms with Crippen molar-refractivity contribution in [1.29, 1.82) is 0 Å². The maximum absolute atomic E-state index is 13.5. The van der Waals surface area contributed by atoms with Crippen LogP contribution in [0.15, 0.2) is 89.4 Å². The van der Waals surface area contributed by atoms with Gasteiger partial charge in [0.25, 0.3) is 11.5 Å². The smallest absolute Gasteiger partial charge is 0.329 e. The Kier molecular flexibility index (Phi) is 6.42. The van der Waals surface area contributed by atoms with E-state index in [2.05, 4.69) is 10.4 Å². The van der Waals surface area contributed by atoms with Gasteiger partial charge in [0.05, 0.1) is 24.9 Å². The number of hydrogen-bond donors (Lipinski definition) is 2. The molecule has 0 saturated carbocycles. The third-order valence-electron chi connectivity index (χ3n) is 6.06. The summed E-state index contributed by atoms with van der Waals surface area (Å²) >= 11 is 0. The normalized spacial score (nSPS) is 14.3. The molecule has 0 aliphatic carbocycles. The average Bonchev–Trinajstić information content (AvgIpc) is 3.36. The first kappa shape index (κ1) is 23.8. The van der Waals surface area contributed by atoms with Crippen molar-refractivity contribution >= 4 is 18.0 Å². The lowest BCUT2D eigenvalue weighted by atomic mass is 10.1. The van der Waals surface area contributed by atoms with Gasteiger partial charge < -0.3 is 10.1 Å². The summed E-state index contributed by atoms with van der Waals surface area (Å²) in [6.45, 7) is 0.106. The van der Waals surface area contributed by atoms with Crippen LogP contribution in [0.2, 0.25) is 0 Å². The zero-order chi connectivity index (χ0) is 25.9. The number of nitrogens with zero attached hydrogens (tertiary/aromatic N) is 2. The second-order valence-electron chi connectivity index (χ2n) is 8.51. The second kappa shape index (κ2) is 9.98. The first-order chi connectivity index (χ1) is 17.9. The van der Waals surface area contributed by atoms with Gasteiger partial charge in [-0.25, -0.2) is 13.9 Å². The Morgan fingerprint density at radius 2 is 1.59 bits per heavy atom. The molecule has 9 heteroatoms. The van der Waals surface area contributed by atoms with Crippen LogP contribution in [-0.2, 0) is 17.8 Å². The molecule has 1 saturated heterocycles. The molecule has 4 aromatic rings. The molecule has 186 valence electrons. The predicted octanol–water partition coefficient (Wildman–Crippen LogP) is 4.00. The van der Waals surface area contributed by atoms with Crippen LogP contribution in [-0.4, -0.2) is 33.7 Å². The molecule has 3 aromatic carbocycles. The third-order valence-corrected chi connectivity index (χ3v) is 6.06. The molecule has 0 spiro atoms. The van der Waals surface area contributed by atoms with E-state index in [1.807, 2.05) is 30.3 Å². The van der Waals surface area contributed by atoms with E-state index in [1.54, 1.807) is 43.5 Å². The number of methoxy groups -OCH3 is 1. The minimum atomic E-state index is -0.564. The van der Waals surface area contributed by atoms with Crippen LogP contribution in [0.3, 0.4) is 0 Å². The number of rotatable bonds is 7. The summed E-state index contributed by atoms with van der Waals surface area (Å²) in [5.74, 6) is -0.263. The minimum Gasteiger partial charge on any atom is -0.497 e. The molecule has 1 aliphatic rings. The van der Waals surface area contributed by atoms with E-state index in [4.69, 9.17) is 4.74 Å². The largest absolute Gasteiger partial charge is 0.497 e. The monoisotopic (exact) mass is 498 g/mol. The van der Waals surface area contributed by atoms with Gasteiger partial charge in [0.15, 0.2) is 0 Å². The molecular weight excluding hydrogens is 475 g/mol. The third kappa shape index (κ3) is 4.92. The van der Waals surface area contributed by atoms with E-state index in [-0.39, 0.29) is 30.0 Å². The van der Waals surface area contributed by atoms with Gasteiger partial charge in [-0.05, 0) is 53.6 Å². The van der Waals surface area contributed by atoms with Crippen molar-refractivity contribution in [2.45, 2.75) is 13.0 Å². The Morgan fingerprint density at radius 3 is 2.27 bits per heavy atom. The van der Waals surface area contributed by atoms with Crippen molar-refractivity contribution in [3.63, 3.8) is 0 Å². The molecule has 0 unspecified atom stereocenters. The highest BCUT2D eigenvalue weighted by Gasteiger charge is 2.34. The van der Waals surface area contributed by atoms with Gasteiger partial charge in [0.2, 0.25) is 0 Å². The highest BCUT2D eigenvalue weighted by molar-refractivity contribution is 6.13. The molecule has 1 aliphatic heterocycles. The van der Waals surface area contributed by atoms with Crippen LogP contribution in [0.1, 0.15) is 22.4 Å². The van der Waals surface area contributed by atoms with Crippen LogP contribution in [0.25, 0.3) is 11.8 Å². The fraction of sp³-hybridized carbons (Fsp3) is 0.107. The van der Waals surface area contributed by atoms with Crippen molar-refractivity contribution in [2.75, 3.05) is 7.11 Å². The van der Waals surface area contributed by atoms with Gasteiger partial charge in [-0.1, -0.05) is 42.5 Å². The zero-order valence-electron chi connectivity index (χ0n) is 19.9. The molecule has 0 radical (unpaired) electrons. The van der Waals surface area contributed by atoms with Crippen molar-refractivity contribution in [2.24, 2.45) is 0 Å². The number of carbonyl (C=O) groups is 2. The standard InChI is InChI=1S/C28H23FN4O4/c1-37-22-13-11-21(12-14-22)33-26(34)23(24(31-33)15-18-7-9-20(29)10-8-18)16-25-27(35)32(28(36)30-25)17-19-5-3-2-4-6-19/h2-14,16,31H,15,17H2,1H3,(H,30,36)/b25-16-. The SMILES string of the molecule is COc1ccc(-n2[nH]c(Cc3ccc(F)cc3)c(/C=C3\NC(=O)N(Cc4ccccc4)C3=O)c2=O)cc1. The zero-order valence-corrected chi connectivity index (χ0v) is 19.9. The molecule has 2 heterocycles. The summed E-state index contributed by atoms with van der Waals surface area (Å²) in [4.78, 5) is 40.3. The molecule has 8 nitrogen and oxygen atoms in total. The highest BCUT2D eigenvalue weighted by Crippen LogP contribution is 2.20. The maximum Gasteiger partial charge on any atom is 0.329 e. The van der Waals surface area contributed by atoms with Crippen molar-refractivity contribution < 1.29 is 18.7 Å². The summed E-state index contributed by atoms with van der Waals surface area (Å²) in [7, 11) is 1.55. The summed E-state index contributed by atoms with van der Waals surface area (Å²) < 4.78 is 20.0. The van der Waals surface area contributed by atoms with E-state index in [0.717, 1.165) is 16.0 Å².